The van der Waals surface area contributed by atoms with Gasteiger partial charge >= 0.3 is 0 Å². The van der Waals surface area contributed by atoms with Crippen LogP contribution in [0.4, 0.5) is 11.5 Å². The van der Waals surface area contributed by atoms with Gasteiger partial charge in [-0.2, -0.15) is 0 Å². The van der Waals surface area contributed by atoms with Crippen LogP contribution in [0.15, 0.2) is 54.6 Å². The van der Waals surface area contributed by atoms with E-state index in [9.17, 15) is 0 Å². The molecule has 0 radical (unpaired) electrons. The third-order valence-corrected chi connectivity index (χ3v) is 4.22. The van der Waals surface area contributed by atoms with Gasteiger partial charge < -0.3 is 11.1 Å². The molecule has 3 N–H and O–H groups in total. The minimum Gasteiger partial charge on any atom is -0.398 e. The summed E-state index contributed by atoms with van der Waals surface area (Å²) in [6, 6.07) is 18.9. The highest BCUT2D eigenvalue weighted by Crippen LogP contribution is 2.33. The maximum Gasteiger partial charge on any atom is 0.127 e. The molecule has 3 heteroatoms. The number of anilines is 2. The zero-order valence-corrected chi connectivity index (χ0v) is 11.7. The van der Waals surface area contributed by atoms with Crippen molar-refractivity contribution in [3.8, 4) is 0 Å². The highest BCUT2D eigenvalue weighted by Gasteiger charge is 2.21. The van der Waals surface area contributed by atoms with Crippen LogP contribution in [0.5, 0.6) is 0 Å². The van der Waals surface area contributed by atoms with Gasteiger partial charge in [0.05, 0.1) is 11.6 Å². The first-order valence-corrected chi connectivity index (χ1v) is 7.31. The minimum absolute atomic E-state index is 0.354. The Hall–Kier alpha value is -2.55. The molecule has 21 heavy (non-hydrogen) atoms. The van der Waals surface area contributed by atoms with Crippen molar-refractivity contribution in [3.63, 3.8) is 0 Å². The number of benzene rings is 2. The van der Waals surface area contributed by atoms with E-state index in [1.807, 2.05) is 30.3 Å². The zero-order valence-electron chi connectivity index (χ0n) is 11.7. The molecule has 1 aliphatic carbocycles. The molecule has 1 aromatic heterocycles. The number of nitrogens with one attached hydrogen (secondary N) is 1. The number of fused-ring (bicyclic) bond motifs is 2. The van der Waals surface area contributed by atoms with E-state index in [1.165, 1.54) is 11.1 Å². The summed E-state index contributed by atoms with van der Waals surface area (Å²) in [5.74, 6) is 0.912. The normalized spacial score (nSPS) is 16.9. The molecule has 0 fully saturated rings. The molecule has 0 bridgehead atoms. The summed E-state index contributed by atoms with van der Waals surface area (Å²) in [7, 11) is 0. The predicted molar refractivity (Wildman–Crippen MR) is 87.3 cm³/mol. The lowest BCUT2D eigenvalue weighted by atomic mass is 10.1. The van der Waals surface area contributed by atoms with Crippen LogP contribution in [0.1, 0.15) is 23.6 Å². The van der Waals surface area contributed by atoms with Crippen molar-refractivity contribution in [2.45, 2.75) is 18.9 Å². The second-order valence-electron chi connectivity index (χ2n) is 5.54. The van der Waals surface area contributed by atoms with Crippen molar-refractivity contribution in [2.75, 3.05) is 11.1 Å². The second kappa shape index (κ2) is 4.77. The van der Waals surface area contributed by atoms with Gasteiger partial charge in [0.1, 0.15) is 5.82 Å². The Morgan fingerprint density at radius 2 is 1.90 bits per heavy atom. The quantitative estimate of drug-likeness (QED) is 0.697. The van der Waals surface area contributed by atoms with Gasteiger partial charge in [0.15, 0.2) is 0 Å². The van der Waals surface area contributed by atoms with E-state index >= 15 is 0 Å². The molecule has 1 aliphatic rings. The Morgan fingerprint density at radius 3 is 2.86 bits per heavy atom. The summed E-state index contributed by atoms with van der Waals surface area (Å²) < 4.78 is 0. The van der Waals surface area contributed by atoms with Crippen LogP contribution in [-0.4, -0.2) is 4.98 Å². The molecule has 2 aromatic carbocycles. The molecular formula is C18H17N3. The fourth-order valence-electron chi connectivity index (χ4n) is 3.14. The van der Waals surface area contributed by atoms with Crippen LogP contribution in [0.2, 0.25) is 0 Å². The first-order chi connectivity index (χ1) is 10.3. The maximum atomic E-state index is 5.97. The molecule has 0 saturated heterocycles. The van der Waals surface area contributed by atoms with Gasteiger partial charge in [-0.05, 0) is 48.2 Å². The Balaban J connectivity index is 1.67. The SMILES string of the molecule is Nc1cccc2nc(N[C@@H]3CCc4ccccc43)ccc12. The largest absolute Gasteiger partial charge is 0.398 e. The summed E-state index contributed by atoms with van der Waals surface area (Å²) in [6.07, 6.45) is 2.25. The van der Waals surface area contributed by atoms with Gasteiger partial charge in [-0.1, -0.05) is 30.3 Å². The van der Waals surface area contributed by atoms with Crippen molar-refractivity contribution in [1.82, 2.24) is 4.98 Å². The molecule has 0 aliphatic heterocycles. The molecule has 0 amide bonds. The van der Waals surface area contributed by atoms with E-state index in [2.05, 4.69) is 34.6 Å². The first kappa shape index (κ1) is 12.2. The van der Waals surface area contributed by atoms with Crippen molar-refractivity contribution < 1.29 is 0 Å². The van der Waals surface area contributed by atoms with E-state index in [-0.39, 0.29) is 0 Å². The number of pyridine rings is 1. The number of aromatic nitrogens is 1. The van der Waals surface area contributed by atoms with E-state index in [4.69, 9.17) is 5.73 Å². The summed E-state index contributed by atoms with van der Waals surface area (Å²) >= 11 is 0. The predicted octanol–water partition coefficient (Wildman–Crippen LogP) is 3.92. The molecule has 0 saturated carbocycles. The van der Waals surface area contributed by atoms with Crippen molar-refractivity contribution in [2.24, 2.45) is 0 Å². The molecule has 0 unspecified atom stereocenters. The fraction of sp³-hybridized carbons (Fsp3) is 0.167. The third kappa shape index (κ3) is 2.11. The van der Waals surface area contributed by atoms with E-state index < -0.39 is 0 Å². The number of hydrogen-bond donors (Lipinski definition) is 2. The van der Waals surface area contributed by atoms with Crippen molar-refractivity contribution in [1.29, 1.82) is 0 Å². The maximum absolute atomic E-state index is 5.97. The first-order valence-electron chi connectivity index (χ1n) is 7.31. The van der Waals surface area contributed by atoms with E-state index in [0.717, 1.165) is 35.2 Å². The second-order valence-corrected chi connectivity index (χ2v) is 5.54. The van der Waals surface area contributed by atoms with Gasteiger partial charge in [0.25, 0.3) is 0 Å². The Labute approximate surface area is 123 Å². The van der Waals surface area contributed by atoms with Crippen LogP contribution in [-0.2, 0) is 6.42 Å². The topological polar surface area (TPSA) is 50.9 Å². The highest BCUT2D eigenvalue weighted by atomic mass is 15.0. The van der Waals surface area contributed by atoms with Crippen molar-refractivity contribution in [3.05, 3.63) is 65.7 Å². The average Bonchev–Trinajstić information content (AvgIpc) is 2.91. The summed E-state index contributed by atoms with van der Waals surface area (Å²) in [5.41, 5.74) is 10.5. The summed E-state index contributed by atoms with van der Waals surface area (Å²) in [4.78, 5) is 4.68. The monoisotopic (exact) mass is 275 g/mol. The van der Waals surface area contributed by atoms with Crippen LogP contribution >= 0.6 is 0 Å². The molecule has 4 rings (SSSR count). The molecule has 0 spiro atoms. The number of rotatable bonds is 2. The standard InChI is InChI=1S/C18H17N3/c19-15-6-3-7-16-14(15)9-11-18(20-16)21-17-10-8-12-4-1-2-5-13(12)17/h1-7,9,11,17H,8,10,19H2,(H,20,21)/t17-/m1/s1. The van der Waals surface area contributed by atoms with E-state index in [1.54, 1.807) is 0 Å². The molecule has 1 atom stereocenters. The van der Waals surface area contributed by atoms with Gasteiger partial charge in [-0.15, -0.1) is 0 Å². The summed E-state index contributed by atoms with van der Waals surface area (Å²) in [5, 5.41) is 4.57. The van der Waals surface area contributed by atoms with Crippen LogP contribution < -0.4 is 11.1 Å². The number of nitrogens with two attached hydrogens (primary N) is 1. The lowest BCUT2D eigenvalue weighted by Crippen LogP contribution is -2.08. The Morgan fingerprint density at radius 1 is 1.00 bits per heavy atom. The molecular weight excluding hydrogens is 258 g/mol. The number of hydrogen-bond acceptors (Lipinski definition) is 3. The third-order valence-electron chi connectivity index (χ3n) is 4.22. The molecule has 104 valence electrons. The van der Waals surface area contributed by atoms with Gasteiger partial charge in [-0.3, -0.25) is 0 Å². The van der Waals surface area contributed by atoms with Gasteiger partial charge in [0.2, 0.25) is 0 Å². The molecule has 3 nitrogen and oxygen atoms in total. The van der Waals surface area contributed by atoms with Gasteiger partial charge in [-0.25, -0.2) is 4.98 Å². The zero-order chi connectivity index (χ0) is 14.2. The smallest absolute Gasteiger partial charge is 0.127 e. The van der Waals surface area contributed by atoms with Crippen molar-refractivity contribution >= 4 is 22.4 Å². The molecule has 1 heterocycles. The Bertz CT molecular complexity index is 810. The molecule has 3 aromatic rings. The van der Waals surface area contributed by atoms with Crippen LogP contribution in [0.25, 0.3) is 10.9 Å². The number of aryl methyl sites for hydroxylation is 1. The van der Waals surface area contributed by atoms with Crippen LogP contribution in [0.3, 0.4) is 0 Å². The lowest BCUT2D eigenvalue weighted by molar-refractivity contribution is 0.758. The average molecular weight is 275 g/mol. The Kier molecular flexibility index (Phi) is 2.78. The van der Waals surface area contributed by atoms with Gasteiger partial charge in [0, 0.05) is 11.1 Å². The highest BCUT2D eigenvalue weighted by molar-refractivity contribution is 5.91. The lowest BCUT2D eigenvalue weighted by Gasteiger charge is -2.15. The number of nitrogen functional groups attached to an aromatic ring is 1. The van der Waals surface area contributed by atoms with E-state index in [0.29, 0.717) is 6.04 Å². The fourth-order valence-corrected chi connectivity index (χ4v) is 3.14. The minimum atomic E-state index is 0.354. The summed E-state index contributed by atoms with van der Waals surface area (Å²) in [6.45, 7) is 0. The number of nitrogens with zero attached hydrogens (tertiary/aromatic N) is 1. The van der Waals surface area contributed by atoms with Crippen LogP contribution in [0, 0.1) is 0 Å².